The molecule has 1 aromatic carbocycles. The van der Waals surface area contributed by atoms with Gasteiger partial charge >= 0.3 is 0 Å². The van der Waals surface area contributed by atoms with Crippen LogP contribution < -0.4 is 5.32 Å². The average Bonchev–Trinajstić information content (AvgIpc) is 2.45. The van der Waals surface area contributed by atoms with Crippen molar-refractivity contribution in [2.75, 3.05) is 0 Å². The lowest BCUT2D eigenvalue weighted by atomic mass is 9.67. The maximum atomic E-state index is 12.7. The van der Waals surface area contributed by atoms with Gasteiger partial charge in [0, 0.05) is 23.6 Å². The number of Topliss-reactive ketones (excluding diaryl/α,β-unsaturated/α-hetero) is 1. The highest BCUT2D eigenvalue weighted by Crippen LogP contribution is 2.45. The van der Waals surface area contributed by atoms with Gasteiger partial charge in [-0.3, -0.25) is 4.79 Å². The van der Waals surface area contributed by atoms with Crippen molar-refractivity contribution in [1.29, 1.82) is 5.26 Å². The van der Waals surface area contributed by atoms with Crippen molar-refractivity contribution in [2.24, 2.45) is 11.3 Å². The third kappa shape index (κ3) is 2.46. The molecule has 2 aliphatic rings. The van der Waals surface area contributed by atoms with E-state index >= 15 is 0 Å². The lowest BCUT2D eigenvalue weighted by Crippen LogP contribution is -2.44. The summed E-state index contributed by atoms with van der Waals surface area (Å²) in [5, 5.41) is 12.7. The topological polar surface area (TPSA) is 52.9 Å². The standard InChI is InChI=1S/C18H18N2OS/c1-18(2)8-13-16(14(21)9-18)15(11-6-4-3-5-7-11)12(10-19)17(22)20-13/h3-7,12,15H,8-9H2,1-2H3,(H,20,22)/t12-,15+/m1/s1. The van der Waals surface area contributed by atoms with Crippen molar-refractivity contribution >= 4 is 23.0 Å². The molecule has 1 N–H and O–H groups in total. The van der Waals surface area contributed by atoms with Gasteiger partial charge in [0.15, 0.2) is 5.78 Å². The minimum absolute atomic E-state index is 0.0702. The van der Waals surface area contributed by atoms with E-state index in [1.807, 2.05) is 30.3 Å². The molecule has 0 unspecified atom stereocenters. The van der Waals surface area contributed by atoms with Gasteiger partial charge in [-0.25, -0.2) is 0 Å². The molecule has 3 nitrogen and oxygen atoms in total. The maximum absolute atomic E-state index is 12.7. The molecule has 1 aromatic rings. The van der Waals surface area contributed by atoms with Crippen molar-refractivity contribution in [3.05, 3.63) is 47.2 Å². The van der Waals surface area contributed by atoms with Crippen LogP contribution in [0, 0.1) is 22.7 Å². The van der Waals surface area contributed by atoms with Crippen molar-refractivity contribution in [3.8, 4) is 6.07 Å². The predicted octanol–water partition coefficient (Wildman–Crippen LogP) is 3.48. The number of hydrogen-bond donors (Lipinski definition) is 1. The first kappa shape index (κ1) is 14.9. The number of nitriles is 1. The fraction of sp³-hybridized carbons (Fsp3) is 0.389. The SMILES string of the molecule is CC1(C)CC(=O)C2=C(C1)NC(=S)[C@H](C#N)[C@@H]2c1ccccc1. The number of carbonyl (C=O) groups excluding carboxylic acids is 1. The fourth-order valence-electron chi connectivity index (χ4n) is 3.50. The molecule has 22 heavy (non-hydrogen) atoms. The summed E-state index contributed by atoms with van der Waals surface area (Å²) in [5.41, 5.74) is 2.58. The largest absolute Gasteiger partial charge is 0.352 e. The van der Waals surface area contributed by atoms with Crippen LogP contribution in [0.15, 0.2) is 41.6 Å². The Labute approximate surface area is 136 Å². The first-order chi connectivity index (χ1) is 10.4. The summed E-state index contributed by atoms with van der Waals surface area (Å²) in [6, 6.07) is 12.0. The first-order valence-corrected chi connectivity index (χ1v) is 7.85. The van der Waals surface area contributed by atoms with Crippen molar-refractivity contribution in [2.45, 2.75) is 32.6 Å². The summed E-state index contributed by atoms with van der Waals surface area (Å²) in [6.45, 7) is 4.18. The summed E-state index contributed by atoms with van der Waals surface area (Å²) in [4.78, 5) is 13.3. The summed E-state index contributed by atoms with van der Waals surface area (Å²) in [6.07, 6.45) is 1.30. The number of nitrogens with one attached hydrogen (secondary N) is 1. The third-order valence-electron chi connectivity index (χ3n) is 4.42. The molecule has 1 aliphatic heterocycles. The van der Waals surface area contributed by atoms with E-state index in [0.717, 1.165) is 23.3 Å². The molecular formula is C18H18N2OS. The predicted molar refractivity (Wildman–Crippen MR) is 89.1 cm³/mol. The Balaban J connectivity index is 2.17. The van der Waals surface area contributed by atoms with E-state index in [2.05, 4.69) is 25.2 Å². The number of thiocarbonyl (C=S) groups is 1. The number of benzene rings is 1. The smallest absolute Gasteiger partial charge is 0.161 e. The molecule has 2 atom stereocenters. The average molecular weight is 310 g/mol. The molecule has 0 saturated carbocycles. The van der Waals surface area contributed by atoms with E-state index < -0.39 is 5.92 Å². The summed E-state index contributed by atoms with van der Waals surface area (Å²) in [7, 11) is 0. The number of hydrogen-bond acceptors (Lipinski definition) is 3. The van der Waals surface area contributed by atoms with Gasteiger partial charge in [0.05, 0.1) is 11.1 Å². The Kier molecular flexibility index (Phi) is 3.62. The van der Waals surface area contributed by atoms with Gasteiger partial charge < -0.3 is 5.32 Å². The van der Waals surface area contributed by atoms with E-state index in [1.165, 1.54) is 0 Å². The Bertz CT molecular complexity index is 712. The number of rotatable bonds is 1. The lowest BCUT2D eigenvalue weighted by Gasteiger charge is -2.40. The second-order valence-electron chi connectivity index (χ2n) is 6.82. The number of allylic oxidation sites excluding steroid dienone is 2. The zero-order valence-corrected chi connectivity index (χ0v) is 13.5. The molecule has 3 rings (SSSR count). The highest BCUT2D eigenvalue weighted by molar-refractivity contribution is 7.80. The lowest BCUT2D eigenvalue weighted by molar-refractivity contribution is -0.118. The quantitative estimate of drug-likeness (QED) is 0.807. The zero-order valence-electron chi connectivity index (χ0n) is 12.7. The molecule has 0 radical (unpaired) electrons. The molecular weight excluding hydrogens is 292 g/mol. The molecule has 0 spiro atoms. The summed E-state index contributed by atoms with van der Waals surface area (Å²) < 4.78 is 0. The molecule has 0 fully saturated rings. The molecule has 0 amide bonds. The monoisotopic (exact) mass is 310 g/mol. The second kappa shape index (κ2) is 5.33. The van der Waals surface area contributed by atoms with E-state index in [-0.39, 0.29) is 17.1 Å². The highest BCUT2D eigenvalue weighted by Gasteiger charge is 2.44. The van der Waals surface area contributed by atoms with E-state index in [1.54, 1.807) is 0 Å². The van der Waals surface area contributed by atoms with Gasteiger partial charge in [-0.2, -0.15) is 5.26 Å². The van der Waals surface area contributed by atoms with Gasteiger partial charge in [0.25, 0.3) is 0 Å². The summed E-state index contributed by atoms with van der Waals surface area (Å²) in [5.74, 6) is -0.602. The van der Waals surface area contributed by atoms with E-state index in [4.69, 9.17) is 12.2 Å². The van der Waals surface area contributed by atoms with Crippen LogP contribution in [-0.2, 0) is 4.79 Å². The van der Waals surface area contributed by atoms with Crippen LogP contribution in [-0.4, -0.2) is 10.8 Å². The molecule has 4 heteroatoms. The molecule has 0 bridgehead atoms. The molecule has 1 aliphatic carbocycles. The Morgan fingerprint density at radius 1 is 1.27 bits per heavy atom. The highest BCUT2D eigenvalue weighted by atomic mass is 32.1. The van der Waals surface area contributed by atoms with Gasteiger partial charge in [-0.05, 0) is 17.4 Å². The number of carbonyl (C=O) groups is 1. The van der Waals surface area contributed by atoms with Gasteiger partial charge in [0.2, 0.25) is 0 Å². The Morgan fingerprint density at radius 3 is 2.59 bits per heavy atom. The number of nitrogens with zero attached hydrogens (tertiary/aromatic N) is 1. The van der Waals surface area contributed by atoms with Gasteiger partial charge in [0.1, 0.15) is 5.92 Å². The van der Waals surface area contributed by atoms with E-state index in [9.17, 15) is 10.1 Å². The Morgan fingerprint density at radius 2 is 1.95 bits per heavy atom. The normalized spacial score (nSPS) is 27.0. The van der Waals surface area contributed by atoms with Crippen LogP contribution in [0.1, 0.15) is 38.2 Å². The van der Waals surface area contributed by atoms with Crippen LogP contribution in [0.5, 0.6) is 0 Å². The zero-order chi connectivity index (χ0) is 15.9. The molecule has 1 heterocycles. The first-order valence-electron chi connectivity index (χ1n) is 7.44. The molecule has 0 saturated heterocycles. The van der Waals surface area contributed by atoms with Crippen LogP contribution in [0.3, 0.4) is 0 Å². The maximum Gasteiger partial charge on any atom is 0.161 e. The van der Waals surface area contributed by atoms with Crippen molar-refractivity contribution in [1.82, 2.24) is 5.32 Å². The van der Waals surface area contributed by atoms with Crippen LogP contribution >= 0.6 is 12.2 Å². The second-order valence-corrected chi connectivity index (χ2v) is 7.26. The Hall–Kier alpha value is -1.99. The van der Waals surface area contributed by atoms with Crippen molar-refractivity contribution in [3.63, 3.8) is 0 Å². The minimum Gasteiger partial charge on any atom is -0.352 e. The third-order valence-corrected chi connectivity index (χ3v) is 4.77. The minimum atomic E-state index is -0.485. The fourth-order valence-corrected chi connectivity index (χ4v) is 3.82. The molecule has 112 valence electrons. The molecule has 0 aromatic heterocycles. The van der Waals surface area contributed by atoms with Gasteiger partial charge in [-0.1, -0.05) is 56.4 Å². The number of ketones is 1. The summed E-state index contributed by atoms with van der Waals surface area (Å²) >= 11 is 5.41. The van der Waals surface area contributed by atoms with Crippen LogP contribution in [0.4, 0.5) is 0 Å². The van der Waals surface area contributed by atoms with Crippen LogP contribution in [0.2, 0.25) is 0 Å². The van der Waals surface area contributed by atoms with Gasteiger partial charge in [-0.15, -0.1) is 0 Å². The van der Waals surface area contributed by atoms with Crippen molar-refractivity contribution < 1.29 is 4.79 Å². The van der Waals surface area contributed by atoms with Crippen LogP contribution in [0.25, 0.3) is 0 Å². The van der Waals surface area contributed by atoms with E-state index in [0.29, 0.717) is 11.4 Å².